The predicted octanol–water partition coefficient (Wildman–Crippen LogP) is 2.25. The first-order chi connectivity index (χ1) is 6.29. The average molecular weight is 202 g/mol. The van der Waals surface area contributed by atoms with Gasteiger partial charge in [0.15, 0.2) is 0 Å². The van der Waals surface area contributed by atoms with E-state index in [0.717, 1.165) is 6.08 Å². The van der Waals surface area contributed by atoms with Crippen LogP contribution in [0.15, 0.2) is 23.4 Å². The summed E-state index contributed by atoms with van der Waals surface area (Å²) in [5.74, 6) is 0. The summed E-state index contributed by atoms with van der Waals surface area (Å²) in [7, 11) is 0. The summed E-state index contributed by atoms with van der Waals surface area (Å²) in [5.41, 5.74) is 2.95. The van der Waals surface area contributed by atoms with Gasteiger partial charge >= 0.3 is 6.18 Å². The lowest BCUT2D eigenvalue weighted by atomic mass is 9.77. The first-order valence-corrected chi connectivity index (χ1v) is 3.96. The van der Waals surface area contributed by atoms with Crippen molar-refractivity contribution < 1.29 is 13.2 Å². The Bertz CT molecular complexity index is 346. The number of halogens is 3. The van der Waals surface area contributed by atoms with Gasteiger partial charge in [-0.15, -0.1) is 0 Å². The van der Waals surface area contributed by atoms with Crippen molar-refractivity contribution in [3.8, 4) is 6.07 Å². The predicted molar refractivity (Wildman–Crippen MR) is 44.7 cm³/mol. The smallest absolute Gasteiger partial charge is 0.399 e. The molecule has 1 aliphatic rings. The molecule has 0 aromatic carbocycles. The van der Waals surface area contributed by atoms with E-state index in [9.17, 15) is 13.2 Å². The van der Waals surface area contributed by atoms with Gasteiger partial charge in [-0.25, -0.2) is 0 Å². The van der Waals surface area contributed by atoms with Gasteiger partial charge in [0.25, 0.3) is 0 Å². The summed E-state index contributed by atoms with van der Waals surface area (Å²) in [5, 5.41) is 8.71. The molecule has 5 heteroatoms. The molecule has 0 radical (unpaired) electrons. The highest BCUT2D eigenvalue weighted by molar-refractivity contribution is 5.38. The molecule has 1 unspecified atom stereocenters. The highest BCUT2D eigenvalue weighted by Gasteiger charge is 2.46. The van der Waals surface area contributed by atoms with E-state index in [1.54, 1.807) is 6.07 Å². The maximum absolute atomic E-state index is 12.5. The zero-order valence-corrected chi connectivity index (χ0v) is 7.52. The quantitative estimate of drug-likeness (QED) is 0.654. The van der Waals surface area contributed by atoms with Gasteiger partial charge in [-0.05, 0) is 19.4 Å². The van der Waals surface area contributed by atoms with Crippen LogP contribution in [0.2, 0.25) is 0 Å². The van der Waals surface area contributed by atoms with Gasteiger partial charge in [0, 0.05) is 5.70 Å². The van der Waals surface area contributed by atoms with Crippen molar-refractivity contribution in [1.82, 2.24) is 0 Å². The fraction of sp³-hybridized carbons (Fsp3) is 0.444. The molecule has 0 aromatic rings. The third-order valence-electron chi connectivity index (χ3n) is 2.20. The van der Waals surface area contributed by atoms with Crippen LogP contribution in [0.3, 0.4) is 0 Å². The molecule has 14 heavy (non-hydrogen) atoms. The molecule has 0 aliphatic heterocycles. The Morgan fingerprint density at radius 3 is 2.57 bits per heavy atom. The molecule has 1 rings (SSSR count). The van der Waals surface area contributed by atoms with Crippen LogP contribution in [-0.4, -0.2) is 6.18 Å². The second-order valence-electron chi connectivity index (χ2n) is 3.41. The molecule has 0 aromatic heterocycles. The third-order valence-corrected chi connectivity index (χ3v) is 2.20. The summed E-state index contributed by atoms with van der Waals surface area (Å²) in [6.45, 7) is 1.26. The van der Waals surface area contributed by atoms with Gasteiger partial charge in [-0.2, -0.15) is 18.4 Å². The Morgan fingerprint density at radius 2 is 2.14 bits per heavy atom. The van der Waals surface area contributed by atoms with E-state index >= 15 is 0 Å². The number of allylic oxidation sites excluding steroid dienone is 3. The van der Waals surface area contributed by atoms with Crippen molar-refractivity contribution in [3.05, 3.63) is 23.4 Å². The average Bonchev–Trinajstić information content (AvgIpc) is 2.08. The van der Waals surface area contributed by atoms with Crippen LogP contribution in [0.5, 0.6) is 0 Å². The van der Waals surface area contributed by atoms with E-state index in [4.69, 9.17) is 11.0 Å². The molecule has 0 fully saturated rings. The first-order valence-electron chi connectivity index (χ1n) is 3.96. The van der Waals surface area contributed by atoms with E-state index in [1.165, 1.54) is 13.0 Å². The Hall–Kier alpha value is -1.44. The van der Waals surface area contributed by atoms with E-state index in [0.29, 0.717) is 0 Å². The number of rotatable bonds is 0. The van der Waals surface area contributed by atoms with Crippen molar-refractivity contribution in [3.63, 3.8) is 0 Å². The van der Waals surface area contributed by atoms with Crippen LogP contribution in [-0.2, 0) is 0 Å². The minimum atomic E-state index is -4.50. The molecular weight excluding hydrogens is 193 g/mol. The lowest BCUT2D eigenvalue weighted by Crippen LogP contribution is -2.30. The van der Waals surface area contributed by atoms with Crippen LogP contribution in [0, 0.1) is 16.7 Å². The summed E-state index contributed by atoms with van der Waals surface area (Å²) < 4.78 is 37.5. The Labute approximate surface area is 79.5 Å². The minimum absolute atomic E-state index is 0.000671. The molecule has 76 valence electrons. The van der Waals surface area contributed by atoms with Crippen LogP contribution in [0.25, 0.3) is 0 Å². The molecule has 0 heterocycles. The minimum Gasteiger partial charge on any atom is -0.399 e. The van der Waals surface area contributed by atoms with Crippen molar-refractivity contribution in [2.24, 2.45) is 11.1 Å². The molecule has 2 nitrogen and oxygen atoms in total. The number of alkyl halides is 3. The van der Waals surface area contributed by atoms with Gasteiger partial charge in [-0.1, -0.05) is 6.08 Å². The van der Waals surface area contributed by atoms with Crippen molar-refractivity contribution in [2.45, 2.75) is 19.5 Å². The second kappa shape index (κ2) is 3.05. The molecule has 1 atom stereocenters. The maximum Gasteiger partial charge on any atom is 0.414 e. The van der Waals surface area contributed by atoms with Crippen LogP contribution < -0.4 is 5.73 Å². The Morgan fingerprint density at radius 1 is 1.57 bits per heavy atom. The van der Waals surface area contributed by atoms with Crippen molar-refractivity contribution in [2.75, 3.05) is 0 Å². The molecule has 0 amide bonds. The monoisotopic (exact) mass is 202 g/mol. The van der Waals surface area contributed by atoms with Gasteiger partial charge < -0.3 is 5.73 Å². The molecular formula is C9H9F3N2. The number of nitriles is 1. The van der Waals surface area contributed by atoms with Crippen LogP contribution in [0.4, 0.5) is 13.2 Å². The summed E-state index contributed by atoms with van der Waals surface area (Å²) in [6, 6.07) is 1.67. The highest BCUT2D eigenvalue weighted by Crippen LogP contribution is 2.44. The van der Waals surface area contributed by atoms with E-state index in [-0.39, 0.29) is 12.1 Å². The first kappa shape index (κ1) is 10.6. The molecule has 0 spiro atoms. The third kappa shape index (κ3) is 1.74. The van der Waals surface area contributed by atoms with Crippen molar-refractivity contribution in [1.29, 1.82) is 5.26 Å². The lowest BCUT2D eigenvalue weighted by Gasteiger charge is -2.28. The summed E-state index contributed by atoms with van der Waals surface area (Å²) in [4.78, 5) is 0. The van der Waals surface area contributed by atoms with Gasteiger partial charge in [0.05, 0.1) is 17.1 Å². The topological polar surface area (TPSA) is 49.8 Å². The van der Waals surface area contributed by atoms with E-state index in [2.05, 4.69) is 0 Å². The number of nitrogens with zero attached hydrogens (tertiary/aromatic N) is 1. The standard InChI is InChI=1S/C9H9F3N2/c1-8(5-13)3-2-6(14)4-7(8)9(10,11)12/h2,4H,3,14H2,1H3. The van der Waals surface area contributed by atoms with Crippen molar-refractivity contribution >= 4 is 0 Å². The van der Waals surface area contributed by atoms with Crippen LogP contribution >= 0.6 is 0 Å². The number of hydrogen-bond donors (Lipinski definition) is 1. The Kier molecular flexibility index (Phi) is 2.32. The summed E-state index contributed by atoms with van der Waals surface area (Å²) in [6.07, 6.45) is -2.24. The fourth-order valence-electron chi connectivity index (χ4n) is 1.32. The fourth-order valence-corrected chi connectivity index (χ4v) is 1.32. The largest absolute Gasteiger partial charge is 0.414 e. The van der Waals surface area contributed by atoms with Gasteiger partial charge in [0.1, 0.15) is 0 Å². The molecule has 1 aliphatic carbocycles. The lowest BCUT2D eigenvalue weighted by molar-refractivity contribution is -0.103. The second-order valence-corrected chi connectivity index (χ2v) is 3.41. The zero-order chi connectivity index (χ0) is 11.0. The van der Waals surface area contributed by atoms with Crippen LogP contribution in [0.1, 0.15) is 13.3 Å². The Balaban J connectivity index is 3.21. The normalized spacial score (nSPS) is 27.6. The number of hydrogen-bond acceptors (Lipinski definition) is 2. The van der Waals surface area contributed by atoms with Gasteiger partial charge in [-0.3, -0.25) is 0 Å². The SMILES string of the molecule is CC1(C#N)CC=C(N)C=C1C(F)(F)F. The maximum atomic E-state index is 12.5. The highest BCUT2D eigenvalue weighted by atomic mass is 19.4. The molecule has 0 saturated heterocycles. The van der Waals surface area contributed by atoms with E-state index in [1.807, 2.05) is 0 Å². The molecule has 0 saturated carbocycles. The molecule has 0 bridgehead atoms. The van der Waals surface area contributed by atoms with E-state index < -0.39 is 17.2 Å². The number of nitrogens with two attached hydrogens (primary N) is 1. The molecule has 2 N–H and O–H groups in total. The zero-order valence-electron chi connectivity index (χ0n) is 7.52. The summed E-state index contributed by atoms with van der Waals surface area (Å²) >= 11 is 0. The van der Waals surface area contributed by atoms with Gasteiger partial charge in [0.2, 0.25) is 0 Å².